The van der Waals surface area contributed by atoms with Crippen molar-refractivity contribution in [3.05, 3.63) is 35.5 Å². The predicted octanol–water partition coefficient (Wildman–Crippen LogP) is 1.53. The highest BCUT2D eigenvalue weighted by Gasteiger charge is 2.44. The average molecular weight is 370 g/mol. The van der Waals surface area contributed by atoms with Gasteiger partial charge in [-0.05, 0) is 31.4 Å². The zero-order valence-electron chi connectivity index (χ0n) is 14.5. The molecule has 3 aliphatic rings. The lowest BCUT2D eigenvalue weighted by Gasteiger charge is -2.28. The zero-order valence-corrected chi connectivity index (χ0v) is 15.3. The van der Waals surface area contributed by atoms with E-state index in [0.29, 0.717) is 5.57 Å². The number of carbonyl (C=O) groups is 2. The fraction of sp³-hybridized carbons (Fsp3) is 0.556. The Morgan fingerprint density at radius 1 is 1.44 bits per heavy atom. The first-order valence-corrected chi connectivity index (χ1v) is 8.21. The van der Waals surface area contributed by atoms with E-state index in [1.54, 1.807) is 13.0 Å². The van der Waals surface area contributed by atoms with Crippen molar-refractivity contribution in [1.29, 1.82) is 0 Å². The van der Waals surface area contributed by atoms with Crippen LogP contribution in [0.25, 0.3) is 0 Å². The fourth-order valence-corrected chi connectivity index (χ4v) is 3.47. The summed E-state index contributed by atoms with van der Waals surface area (Å²) in [6.07, 6.45) is 4.23. The maximum atomic E-state index is 12.5. The highest BCUT2D eigenvalue weighted by Crippen LogP contribution is 2.33. The Hall–Kier alpha value is -1.63. The van der Waals surface area contributed by atoms with Crippen LogP contribution in [0.5, 0.6) is 0 Å². The van der Waals surface area contributed by atoms with E-state index in [9.17, 15) is 14.7 Å². The average Bonchev–Trinajstić information content (AvgIpc) is 3.12. The predicted molar refractivity (Wildman–Crippen MR) is 94.3 cm³/mol. The van der Waals surface area contributed by atoms with Crippen LogP contribution in [-0.2, 0) is 19.1 Å². The third-order valence-electron chi connectivity index (χ3n) is 5.14. The number of hydrogen-bond donors (Lipinski definition) is 1. The van der Waals surface area contributed by atoms with Crippen LogP contribution < -0.4 is 0 Å². The molecule has 0 aromatic heterocycles. The fourth-order valence-electron chi connectivity index (χ4n) is 3.47. The molecule has 3 rings (SSSR count). The summed E-state index contributed by atoms with van der Waals surface area (Å²) in [6, 6.07) is -0.0487. The second-order valence-corrected chi connectivity index (χ2v) is 6.69. The van der Waals surface area contributed by atoms with Gasteiger partial charge in [0.05, 0.1) is 6.04 Å². The van der Waals surface area contributed by atoms with Crippen molar-refractivity contribution in [2.45, 2.75) is 44.4 Å². The van der Waals surface area contributed by atoms with Gasteiger partial charge >= 0.3 is 11.9 Å². The molecule has 0 bridgehead atoms. The SMILES string of the molecule is C=C1CC(=CC)C(=O)O[C@@H]2CCN3CC=C(COC(=O)[C@]1(C)O)[C@H]23.Cl. The Bertz CT molecular complexity index is 652. The number of allylic oxidation sites excluding steroid dienone is 1. The van der Waals surface area contributed by atoms with Crippen molar-refractivity contribution in [1.82, 2.24) is 4.90 Å². The van der Waals surface area contributed by atoms with Crippen molar-refractivity contribution < 1.29 is 24.2 Å². The number of rotatable bonds is 0. The molecule has 0 unspecified atom stereocenters. The van der Waals surface area contributed by atoms with Gasteiger partial charge in [0.1, 0.15) is 12.7 Å². The minimum atomic E-state index is -1.85. The summed E-state index contributed by atoms with van der Waals surface area (Å²) < 4.78 is 11.1. The number of aliphatic hydroxyl groups is 1. The summed E-state index contributed by atoms with van der Waals surface area (Å²) in [4.78, 5) is 27.0. The third-order valence-corrected chi connectivity index (χ3v) is 5.14. The Morgan fingerprint density at radius 3 is 2.84 bits per heavy atom. The summed E-state index contributed by atoms with van der Waals surface area (Å²) >= 11 is 0. The molecule has 25 heavy (non-hydrogen) atoms. The maximum Gasteiger partial charge on any atom is 0.342 e. The molecule has 0 aliphatic carbocycles. The van der Waals surface area contributed by atoms with Crippen LogP contribution in [0.15, 0.2) is 35.5 Å². The second kappa shape index (κ2) is 7.32. The first-order valence-electron chi connectivity index (χ1n) is 8.21. The van der Waals surface area contributed by atoms with Gasteiger partial charge in [0.15, 0.2) is 5.60 Å². The van der Waals surface area contributed by atoms with Crippen LogP contribution in [0.4, 0.5) is 0 Å². The van der Waals surface area contributed by atoms with Crippen molar-refractivity contribution in [3.8, 4) is 0 Å². The van der Waals surface area contributed by atoms with E-state index in [0.717, 1.165) is 25.1 Å². The number of nitrogens with zero attached hydrogens (tertiary/aromatic N) is 1. The molecular weight excluding hydrogens is 346 g/mol. The Morgan fingerprint density at radius 2 is 2.16 bits per heavy atom. The van der Waals surface area contributed by atoms with Crippen LogP contribution in [0.2, 0.25) is 0 Å². The molecule has 0 aromatic carbocycles. The van der Waals surface area contributed by atoms with Gasteiger partial charge in [-0.15, -0.1) is 12.4 Å². The highest BCUT2D eigenvalue weighted by atomic mass is 35.5. The Balaban J connectivity index is 0.00000225. The minimum Gasteiger partial charge on any atom is -0.459 e. The maximum absolute atomic E-state index is 12.5. The number of hydrogen-bond acceptors (Lipinski definition) is 6. The van der Waals surface area contributed by atoms with Crippen LogP contribution in [0, 0.1) is 0 Å². The summed E-state index contributed by atoms with van der Waals surface area (Å²) in [5.74, 6) is -1.16. The molecule has 0 amide bonds. The molecule has 138 valence electrons. The number of carbonyl (C=O) groups excluding carboxylic acids is 2. The smallest absolute Gasteiger partial charge is 0.342 e. The standard InChI is InChI=1S/C18H23NO5.ClH/c1-4-12-9-11(2)18(3,22)17(21)23-10-13-5-7-19-8-6-14(15(13)19)24-16(12)20;/h4-5,14-15,22H,2,6-10H2,1,3H3;1H/t14-,15-,18-;/m1./s1. The quantitative estimate of drug-likeness (QED) is 0.396. The number of cyclic esters (lactones) is 1. The van der Waals surface area contributed by atoms with Gasteiger partial charge in [-0.2, -0.15) is 0 Å². The van der Waals surface area contributed by atoms with Crippen LogP contribution in [-0.4, -0.2) is 59.4 Å². The van der Waals surface area contributed by atoms with Crippen molar-refractivity contribution in [3.63, 3.8) is 0 Å². The van der Waals surface area contributed by atoms with Crippen LogP contribution in [0.1, 0.15) is 26.7 Å². The minimum absolute atomic E-state index is 0. The highest BCUT2D eigenvalue weighted by molar-refractivity contribution is 5.90. The lowest BCUT2D eigenvalue weighted by Crippen LogP contribution is -2.42. The molecule has 3 atom stereocenters. The van der Waals surface area contributed by atoms with E-state index < -0.39 is 17.5 Å². The largest absolute Gasteiger partial charge is 0.459 e. The summed E-state index contributed by atoms with van der Waals surface area (Å²) in [5, 5.41) is 10.5. The Labute approximate surface area is 153 Å². The van der Waals surface area contributed by atoms with Gasteiger partial charge in [0.2, 0.25) is 0 Å². The number of ether oxygens (including phenoxy) is 2. The van der Waals surface area contributed by atoms with Crippen LogP contribution >= 0.6 is 12.4 Å². The zero-order chi connectivity index (χ0) is 17.5. The normalized spacial score (nSPS) is 35.1. The van der Waals surface area contributed by atoms with Gasteiger partial charge in [-0.25, -0.2) is 9.59 Å². The Kier molecular flexibility index (Phi) is 5.76. The molecule has 0 saturated carbocycles. The molecule has 1 N–H and O–H groups in total. The summed E-state index contributed by atoms with van der Waals surface area (Å²) in [7, 11) is 0. The molecule has 0 aromatic rings. The molecule has 3 aliphatic heterocycles. The molecule has 6 nitrogen and oxygen atoms in total. The van der Waals surface area contributed by atoms with E-state index in [2.05, 4.69) is 11.5 Å². The first-order chi connectivity index (χ1) is 11.3. The summed E-state index contributed by atoms with van der Waals surface area (Å²) in [5.41, 5.74) is -0.330. The van der Waals surface area contributed by atoms with Crippen molar-refractivity contribution >= 4 is 24.3 Å². The van der Waals surface area contributed by atoms with E-state index in [-0.39, 0.29) is 43.2 Å². The number of esters is 2. The first kappa shape index (κ1) is 19.7. The monoisotopic (exact) mass is 369 g/mol. The lowest BCUT2D eigenvalue weighted by molar-refractivity contribution is -0.160. The molecule has 0 spiro atoms. The lowest BCUT2D eigenvalue weighted by atomic mass is 9.91. The van der Waals surface area contributed by atoms with Crippen molar-refractivity contribution in [2.75, 3.05) is 19.7 Å². The molecule has 7 heteroatoms. The van der Waals surface area contributed by atoms with E-state index in [4.69, 9.17) is 9.47 Å². The molecule has 0 radical (unpaired) electrons. The third kappa shape index (κ3) is 3.52. The molecule has 2 fully saturated rings. The van der Waals surface area contributed by atoms with Gasteiger partial charge in [-0.1, -0.05) is 18.7 Å². The molecule has 2 saturated heterocycles. The van der Waals surface area contributed by atoms with Gasteiger partial charge in [-0.3, -0.25) is 4.90 Å². The van der Waals surface area contributed by atoms with Crippen LogP contribution in [0.3, 0.4) is 0 Å². The topological polar surface area (TPSA) is 76.1 Å². The van der Waals surface area contributed by atoms with Gasteiger partial charge in [0.25, 0.3) is 0 Å². The summed E-state index contributed by atoms with van der Waals surface area (Å²) in [6.45, 7) is 8.53. The van der Waals surface area contributed by atoms with E-state index in [1.165, 1.54) is 6.92 Å². The second-order valence-electron chi connectivity index (χ2n) is 6.69. The van der Waals surface area contributed by atoms with E-state index >= 15 is 0 Å². The molecule has 3 heterocycles. The molecular formula is C18H24ClNO5. The van der Waals surface area contributed by atoms with Gasteiger partial charge < -0.3 is 14.6 Å². The van der Waals surface area contributed by atoms with E-state index in [1.807, 2.05) is 6.08 Å². The number of halogens is 1. The van der Waals surface area contributed by atoms with Gasteiger partial charge in [0, 0.05) is 25.1 Å². The van der Waals surface area contributed by atoms with Crippen molar-refractivity contribution in [2.24, 2.45) is 0 Å².